The standard InChI is InChI=1S/C21H24N2O4/c1-3-26-17-10-8-16(9-11-17)19(24)15(2)27-21(25)18-7-6-12-22-20(18)23-13-4-5-14-23/h6-12,15H,3-5,13-14H2,1-2H3/p+1/t15-/m0/s1. The van der Waals surface area contributed by atoms with E-state index in [1.807, 2.05) is 6.92 Å². The first-order valence-corrected chi connectivity index (χ1v) is 9.34. The first kappa shape index (κ1) is 18.9. The predicted molar refractivity (Wildman–Crippen MR) is 101 cm³/mol. The van der Waals surface area contributed by atoms with Gasteiger partial charge in [0.15, 0.2) is 6.10 Å². The minimum Gasteiger partial charge on any atom is -0.494 e. The molecule has 0 bridgehead atoms. The number of carbonyl (C=O) groups excluding carboxylic acids is 2. The molecular weight excluding hydrogens is 344 g/mol. The number of ketones is 1. The van der Waals surface area contributed by atoms with Crippen LogP contribution >= 0.6 is 0 Å². The summed E-state index contributed by atoms with van der Waals surface area (Å²) in [4.78, 5) is 30.5. The minimum atomic E-state index is -0.873. The molecule has 0 amide bonds. The molecule has 0 spiro atoms. The Bertz CT molecular complexity index is 798. The highest BCUT2D eigenvalue weighted by Crippen LogP contribution is 2.21. The number of carbonyl (C=O) groups is 2. The van der Waals surface area contributed by atoms with Gasteiger partial charge in [-0.1, -0.05) is 0 Å². The Morgan fingerprint density at radius 1 is 1.15 bits per heavy atom. The number of hydrogen-bond donors (Lipinski definition) is 0. The van der Waals surface area contributed by atoms with Crippen LogP contribution < -0.4 is 14.6 Å². The summed E-state index contributed by atoms with van der Waals surface area (Å²) < 4.78 is 10.8. The Balaban J connectivity index is 1.69. The molecule has 1 fully saturated rings. The molecule has 1 N–H and O–H groups in total. The molecule has 1 aromatic heterocycles. The lowest BCUT2D eigenvalue weighted by Crippen LogP contribution is -2.30. The molecule has 0 aliphatic carbocycles. The summed E-state index contributed by atoms with van der Waals surface area (Å²) in [5.74, 6) is 0.712. The Morgan fingerprint density at radius 3 is 2.52 bits per heavy atom. The van der Waals surface area contributed by atoms with E-state index in [-0.39, 0.29) is 5.78 Å². The predicted octanol–water partition coefficient (Wildman–Crippen LogP) is 2.93. The number of ether oxygens (including phenoxy) is 2. The van der Waals surface area contributed by atoms with E-state index in [4.69, 9.17) is 9.47 Å². The quantitative estimate of drug-likeness (QED) is 0.554. The number of esters is 1. The van der Waals surface area contributed by atoms with E-state index in [1.54, 1.807) is 49.5 Å². The molecule has 2 heterocycles. The van der Waals surface area contributed by atoms with E-state index in [2.05, 4.69) is 9.88 Å². The molecule has 1 aromatic carbocycles. The number of nitrogens with zero attached hydrogens (tertiary/aromatic N) is 1. The van der Waals surface area contributed by atoms with Crippen LogP contribution in [0.15, 0.2) is 42.6 Å². The highest BCUT2D eigenvalue weighted by Gasteiger charge is 2.29. The fourth-order valence-electron chi connectivity index (χ4n) is 3.19. The average Bonchev–Trinajstić information content (AvgIpc) is 3.23. The summed E-state index contributed by atoms with van der Waals surface area (Å²) in [6.07, 6.45) is 3.12. The van der Waals surface area contributed by atoms with Crippen LogP contribution in [0.4, 0.5) is 5.82 Å². The fourth-order valence-corrected chi connectivity index (χ4v) is 3.19. The third-order valence-corrected chi connectivity index (χ3v) is 4.58. The molecular formula is C21H25N2O4+. The van der Waals surface area contributed by atoms with E-state index in [0.29, 0.717) is 23.5 Å². The summed E-state index contributed by atoms with van der Waals surface area (Å²) in [5, 5.41) is 0. The summed E-state index contributed by atoms with van der Waals surface area (Å²) >= 11 is 0. The van der Waals surface area contributed by atoms with Crippen molar-refractivity contribution in [1.29, 1.82) is 0 Å². The molecule has 142 valence electrons. The van der Waals surface area contributed by atoms with Gasteiger partial charge in [0.1, 0.15) is 11.3 Å². The Morgan fingerprint density at radius 2 is 1.85 bits per heavy atom. The minimum absolute atomic E-state index is 0.242. The maximum atomic E-state index is 12.7. The van der Waals surface area contributed by atoms with Gasteiger partial charge in [0, 0.05) is 5.56 Å². The van der Waals surface area contributed by atoms with Crippen LogP contribution in [0.25, 0.3) is 0 Å². The highest BCUT2D eigenvalue weighted by atomic mass is 16.5. The van der Waals surface area contributed by atoms with E-state index in [1.165, 1.54) is 0 Å². The maximum absolute atomic E-state index is 12.7. The molecule has 0 radical (unpaired) electrons. The monoisotopic (exact) mass is 369 g/mol. The van der Waals surface area contributed by atoms with Gasteiger partial charge in [-0.25, -0.2) is 9.78 Å². The van der Waals surface area contributed by atoms with Gasteiger partial charge in [-0.05, 0) is 63.1 Å². The third kappa shape index (κ3) is 4.45. The summed E-state index contributed by atoms with van der Waals surface area (Å²) in [5.41, 5.74) is 0.934. The van der Waals surface area contributed by atoms with Gasteiger partial charge in [-0.3, -0.25) is 9.69 Å². The molecule has 6 heteroatoms. The first-order valence-electron chi connectivity index (χ1n) is 9.34. The Kier molecular flexibility index (Phi) is 6.06. The number of nitrogens with one attached hydrogen (secondary N) is 1. The number of hydrogen-bond acceptors (Lipinski definition) is 5. The second kappa shape index (κ2) is 8.66. The number of H-pyrrole nitrogens is 1. The van der Waals surface area contributed by atoms with E-state index >= 15 is 0 Å². The van der Waals surface area contributed by atoms with Crippen molar-refractivity contribution in [3.8, 4) is 5.75 Å². The van der Waals surface area contributed by atoms with E-state index in [9.17, 15) is 9.59 Å². The second-order valence-electron chi connectivity index (χ2n) is 6.50. The van der Waals surface area contributed by atoms with Crippen LogP contribution in [-0.2, 0) is 4.74 Å². The molecule has 1 atom stereocenters. The zero-order valence-electron chi connectivity index (χ0n) is 15.7. The maximum Gasteiger partial charge on any atom is 0.347 e. The van der Waals surface area contributed by atoms with Crippen molar-refractivity contribution in [3.63, 3.8) is 0 Å². The van der Waals surface area contributed by atoms with Gasteiger partial charge < -0.3 is 9.47 Å². The SMILES string of the molecule is CCOc1ccc(C(=O)[C@H](C)OC(=O)c2ccc[nH+]c2N2CCCC2)cc1. The van der Waals surface area contributed by atoms with E-state index < -0.39 is 12.1 Å². The number of aromatic amines is 1. The van der Waals surface area contributed by atoms with Gasteiger partial charge in [-0.2, -0.15) is 0 Å². The highest BCUT2D eigenvalue weighted by molar-refractivity contribution is 6.02. The zero-order valence-corrected chi connectivity index (χ0v) is 15.7. The van der Waals surface area contributed by atoms with Crippen molar-refractivity contribution in [2.24, 2.45) is 0 Å². The lowest BCUT2D eigenvalue weighted by molar-refractivity contribution is -0.364. The zero-order chi connectivity index (χ0) is 19.2. The fraction of sp³-hybridized carbons (Fsp3) is 0.381. The van der Waals surface area contributed by atoms with Crippen LogP contribution in [0.3, 0.4) is 0 Å². The van der Waals surface area contributed by atoms with Crippen LogP contribution in [0, 0.1) is 0 Å². The summed E-state index contributed by atoms with van der Waals surface area (Å²) in [7, 11) is 0. The van der Waals surface area contributed by atoms with Gasteiger partial charge >= 0.3 is 5.97 Å². The van der Waals surface area contributed by atoms with Gasteiger partial charge in [-0.15, -0.1) is 0 Å². The topological polar surface area (TPSA) is 70.0 Å². The molecule has 2 aromatic rings. The van der Waals surface area contributed by atoms with Crippen molar-refractivity contribution in [2.45, 2.75) is 32.8 Å². The number of aromatic nitrogens is 1. The van der Waals surface area contributed by atoms with Crippen LogP contribution in [0.1, 0.15) is 47.4 Å². The van der Waals surface area contributed by atoms with Crippen molar-refractivity contribution in [3.05, 3.63) is 53.7 Å². The number of benzene rings is 1. The Hall–Kier alpha value is -2.89. The number of pyridine rings is 1. The molecule has 1 saturated heterocycles. The smallest absolute Gasteiger partial charge is 0.347 e. The molecule has 1 aliphatic rings. The third-order valence-electron chi connectivity index (χ3n) is 4.58. The molecule has 3 rings (SSSR count). The lowest BCUT2D eigenvalue weighted by atomic mass is 10.1. The average molecular weight is 369 g/mol. The van der Waals surface area contributed by atoms with Crippen molar-refractivity contribution in [1.82, 2.24) is 0 Å². The van der Waals surface area contributed by atoms with Crippen molar-refractivity contribution >= 4 is 17.6 Å². The number of Topliss-reactive ketones (excluding diaryl/α,β-unsaturated/α-hetero) is 1. The lowest BCUT2D eigenvalue weighted by Gasteiger charge is -2.15. The molecule has 1 aliphatic heterocycles. The van der Waals surface area contributed by atoms with Crippen LogP contribution in [0.5, 0.6) is 5.75 Å². The van der Waals surface area contributed by atoms with E-state index in [0.717, 1.165) is 31.7 Å². The van der Waals surface area contributed by atoms with Crippen LogP contribution in [-0.4, -0.2) is 37.6 Å². The normalized spacial score (nSPS) is 14.7. The summed E-state index contributed by atoms with van der Waals surface area (Å²) in [6.45, 7) is 5.87. The number of anilines is 1. The second-order valence-corrected chi connectivity index (χ2v) is 6.50. The van der Waals surface area contributed by atoms with Crippen molar-refractivity contribution < 1.29 is 24.0 Å². The number of rotatable bonds is 7. The largest absolute Gasteiger partial charge is 0.494 e. The van der Waals surface area contributed by atoms with Crippen LogP contribution in [0.2, 0.25) is 0 Å². The first-order chi connectivity index (χ1) is 13.1. The molecule has 27 heavy (non-hydrogen) atoms. The van der Waals surface area contributed by atoms with Gasteiger partial charge in [0.05, 0.1) is 25.9 Å². The molecule has 0 saturated carbocycles. The molecule has 0 unspecified atom stereocenters. The van der Waals surface area contributed by atoms with Crippen molar-refractivity contribution in [2.75, 3.05) is 24.6 Å². The Labute approximate surface area is 159 Å². The summed E-state index contributed by atoms with van der Waals surface area (Å²) in [6, 6.07) is 10.3. The molecule has 6 nitrogen and oxygen atoms in total. The van der Waals surface area contributed by atoms with Gasteiger partial charge in [0.25, 0.3) is 5.82 Å². The van der Waals surface area contributed by atoms with Gasteiger partial charge in [0.2, 0.25) is 5.78 Å².